The molecule has 0 spiro atoms. The smallest absolute Gasteiger partial charge is 0.407 e. The van der Waals surface area contributed by atoms with Gasteiger partial charge in [-0.1, -0.05) is 79.4 Å². The average Bonchev–Trinajstić information content (AvgIpc) is 1.81. The monoisotopic (exact) mass is 1270 g/mol. The molecule has 6 aromatic rings. The summed E-state index contributed by atoms with van der Waals surface area (Å²) in [6, 6.07) is 16.3. The predicted molar refractivity (Wildman–Crippen MR) is 364 cm³/mol. The van der Waals surface area contributed by atoms with E-state index < -0.39 is 18.1 Å². The fourth-order valence-corrected chi connectivity index (χ4v) is 14.8. The first-order chi connectivity index (χ1) is 44.3. The second kappa shape index (κ2) is 28.9. The summed E-state index contributed by atoms with van der Waals surface area (Å²) in [4.78, 5) is 82.6. The molecular formula is C73H81N11O6S2. The predicted octanol–water partition coefficient (Wildman–Crippen LogP) is 11.2. The first-order valence-corrected chi connectivity index (χ1v) is 33.8. The lowest BCUT2D eigenvalue weighted by Gasteiger charge is -2.30. The van der Waals surface area contributed by atoms with E-state index in [4.69, 9.17) is 19.5 Å². The maximum Gasteiger partial charge on any atom is 0.407 e. The molecule has 4 aromatic heterocycles. The number of esters is 1. The number of likely N-dealkylation sites (tertiary alicyclic amines) is 2. The van der Waals surface area contributed by atoms with E-state index in [0.29, 0.717) is 66.6 Å². The second-order valence-electron chi connectivity index (χ2n) is 26.2. The van der Waals surface area contributed by atoms with Crippen LogP contribution in [0.5, 0.6) is 0 Å². The number of thiophene rings is 2. The number of fused-ring (bicyclic) bond motifs is 2. The Balaban J connectivity index is 0.000000210. The summed E-state index contributed by atoms with van der Waals surface area (Å²) < 4.78 is 11.9. The SMILES string of the molecule is COC(=O)C[C@H](C(=O)N1C[C@@H](C)C[C@H]1c1ncc(C#Cc2cc3ccc(C#CC4=CCC([C@@H]5C[C@H](C)CN5C(=O)[C@@H](NC(=O)OC)C(C)C)=N4)cc3s2)[nH]1)C(C)C.C[C@@H]1CN[C@H](C2=NC(C#Cc3ccc4cc(C#Cc5cnc([C@@H]6C[C@H](C)CN6)[nH]5)sc4c3)=CC2)C1. The summed E-state index contributed by atoms with van der Waals surface area (Å²) in [6.07, 6.45) is 12.5. The molecule has 6 aliphatic rings. The standard InChI is InChI=1S/C44H52N6O6S.C29H29N5S/c1-25(2)34(21-39(51)55-7)42(52)50-24-28(6)18-37(50)41-45-22-32(47-41)13-15-33-20-30-11-9-29(19-38(30)57-33)10-12-31-14-16-35(46-31)36-17-27(5)23-49(36)43(53)40(26(3)4)48-44(54)56-8;1-18-11-26(30-15-18)25-10-8-22(33-25)6-4-20-3-5-21-14-24(35-28(21)13-20)9-7-23-17-32-29(34-23)27-12-19(2)16-31-27/h9,11,14,19-20,22,25-28,34,36-37,40H,16-18,21,23-24H2,1-8H3,(H,45,47)(H,48,54);3,5,8,13-14,17-19,26-27,30-31H,10-12,15-16H2,1-2H3,(H,32,34)/t27-,28-,34-,36-,37-,40-;18-,19-,26-,27-/m00/s1. The van der Waals surface area contributed by atoms with Crippen molar-refractivity contribution in [3.8, 4) is 47.4 Å². The molecule has 6 aliphatic heterocycles. The van der Waals surface area contributed by atoms with E-state index in [1.165, 1.54) is 36.4 Å². The van der Waals surface area contributed by atoms with Crippen LogP contribution in [-0.2, 0) is 23.9 Å². The number of benzene rings is 2. The zero-order valence-corrected chi connectivity index (χ0v) is 55.7. The van der Waals surface area contributed by atoms with Gasteiger partial charge >= 0.3 is 12.1 Å². The van der Waals surface area contributed by atoms with E-state index in [1.807, 2.05) is 61.9 Å². The van der Waals surface area contributed by atoms with Crippen LogP contribution >= 0.6 is 22.7 Å². The Labute approximate surface area is 547 Å². The van der Waals surface area contributed by atoms with Crippen molar-refractivity contribution >= 4 is 78.1 Å². The van der Waals surface area contributed by atoms with Gasteiger partial charge in [-0.3, -0.25) is 14.4 Å². The molecule has 4 fully saturated rings. The number of amides is 3. The van der Waals surface area contributed by atoms with Crippen molar-refractivity contribution in [3.05, 3.63) is 128 Å². The number of alkyl carbamates (subject to hydrolysis) is 1. The van der Waals surface area contributed by atoms with Crippen LogP contribution in [0.25, 0.3) is 20.2 Å². The molecule has 0 aliphatic carbocycles. The van der Waals surface area contributed by atoms with E-state index in [0.717, 1.165) is 98.6 Å². The highest BCUT2D eigenvalue weighted by atomic mass is 32.1. The molecule has 2 aromatic carbocycles. The zero-order valence-electron chi connectivity index (χ0n) is 54.1. The first-order valence-electron chi connectivity index (χ1n) is 32.1. The number of rotatable bonds is 11. The van der Waals surface area contributed by atoms with Crippen molar-refractivity contribution in [2.75, 3.05) is 40.4 Å². The lowest BCUT2D eigenvalue weighted by Crippen LogP contribution is -2.53. The molecule has 0 bridgehead atoms. The number of allylic oxidation sites excluding steroid dienone is 4. The van der Waals surface area contributed by atoms with Crippen molar-refractivity contribution in [1.82, 2.24) is 45.7 Å². The summed E-state index contributed by atoms with van der Waals surface area (Å²) >= 11 is 3.29. The number of carbonyl (C=O) groups is 4. The van der Waals surface area contributed by atoms with E-state index in [9.17, 15) is 19.2 Å². The molecule has 17 nitrogen and oxygen atoms in total. The number of methoxy groups -OCH3 is 2. The molecule has 5 N–H and O–H groups in total. The molecule has 4 saturated heterocycles. The van der Waals surface area contributed by atoms with Gasteiger partial charge in [-0.25, -0.2) is 24.7 Å². The van der Waals surface area contributed by atoms with Gasteiger partial charge in [-0.05, 0) is 169 Å². The summed E-state index contributed by atoms with van der Waals surface area (Å²) in [5.41, 5.74) is 7.11. The van der Waals surface area contributed by atoms with Crippen LogP contribution < -0.4 is 16.0 Å². The number of nitrogens with zero attached hydrogens (tertiary/aromatic N) is 6. The van der Waals surface area contributed by atoms with Crippen LogP contribution in [0.4, 0.5) is 4.79 Å². The maximum absolute atomic E-state index is 13.7. The highest BCUT2D eigenvalue weighted by molar-refractivity contribution is 7.19. The second-order valence-corrected chi connectivity index (χ2v) is 28.3. The zero-order chi connectivity index (χ0) is 64.7. The highest BCUT2D eigenvalue weighted by Gasteiger charge is 2.42. The summed E-state index contributed by atoms with van der Waals surface area (Å²) in [5, 5.41) is 12.1. The van der Waals surface area contributed by atoms with Gasteiger partial charge in [0, 0.05) is 63.9 Å². The van der Waals surface area contributed by atoms with Gasteiger partial charge in [0.1, 0.15) is 40.5 Å². The fourth-order valence-electron chi connectivity index (χ4n) is 12.9. The molecule has 0 saturated carbocycles. The molecule has 12 rings (SSSR count). The number of hydrogen-bond acceptors (Lipinski definition) is 14. The lowest BCUT2D eigenvalue weighted by molar-refractivity contribution is -0.148. The van der Waals surface area contributed by atoms with Crippen LogP contribution in [0.1, 0.15) is 156 Å². The van der Waals surface area contributed by atoms with Gasteiger partial charge in [0.05, 0.1) is 66.8 Å². The quantitative estimate of drug-likeness (QED) is 0.0612. The molecule has 476 valence electrons. The Hall–Kier alpha value is -8.56. The summed E-state index contributed by atoms with van der Waals surface area (Å²) in [7, 11) is 2.64. The number of nitrogens with one attached hydrogen (secondary N) is 5. The Morgan fingerprint density at radius 2 is 1.13 bits per heavy atom. The number of carbonyl (C=O) groups excluding carboxylic acids is 4. The minimum absolute atomic E-state index is 0.0107. The van der Waals surface area contributed by atoms with Gasteiger partial charge in [-0.15, -0.1) is 22.7 Å². The van der Waals surface area contributed by atoms with Gasteiger partial charge in [-0.2, -0.15) is 0 Å². The van der Waals surface area contributed by atoms with E-state index in [2.05, 4.69) is 153 Å². The molecule has 3 amide bonds. The molecule has 0 unspecified atom stereocenters. The van der Waals surface area contributed by atoms with Crippen LogP contribution in [-0.4, -0.2) is 124 Å². The van der Waals surface area contributed by atoms with E-state index in [-0.39, 0.29) is 48.1 Å². The maximum atomic E-state index is 13.7. The van der Waals surface area contributed by atoms with Crippen molar-refractivity contribution in [2.24, 2.45) is 51.4 Å². The summed E-state index contributed by atoms with van der Waals surface area (Å²) in [5.74, 6) is 28.7. The van der Waals surface area contributed by atoms with Crippen molar-refractivity contribution in [1.29, 1.82) is 0 Å². The fraction of sp³-hybridized carbons (Fsp3) is 0.452. The third-order valence-corrected chi connectivity index (χ3v) is 20.0. The molecular weight excluding hydrogens is 1190 g/mol. The Kier molecular flexibility index (Phi) is 20.4. The van der Waals surface area contributed by atoms with E-state index in [1.54, 1.807) is 28.9 Å². The average molecular weight is 1270 g/mol. The lowest BCUT2D eigenvalue weighted by atomic mass is 9.91. The van der Waals surface area contributed by atoms with Gasteiger partial charge < -0.3 is 45.2 Å². The van der Waals surface area contributed by atoms with Gasteiger partial charge in [0.15, 0.2) is 0 Å². The number of ether oxygens (including phenoxy) is 2. The minimum Gasteiger partial charge on any atom is -0.469 e. The number of hydrogen-bond donors (Lipinski definition) is 5. The van der Waals surface area contributed by atoms with E-state index >= 15 is 0 Å². The van der Waals surface area contributed by atoms with Gasteiger partial charge in [0.2, 0.25) is 11.8 Å². The Bertz CT molecular complexity index is 4190. The molecule has 10 atom stereocenters. The first kappa shape index (κ1) is 65.0. The third kappa shape index (κ3) is 15.7. The Morgan fingerprint density at radius 3 is 1.67 bits per heavy atom. The molecule has 92 heavy (non-hydrogen) atoms. The third-order valence-electron chi connectivity index (χ3n) is 17.9. The number of imidazole rings is 2. The van der Waals surface area contributed by atoms with Crippen LogP contribution in [0.15, 0.2) is 94.5 Å². The van der Waals surface area contributed by atoms with Crippen LogP contribution in [0.2, 0.25) is 0 Å². The molecule has 10 heterocycles. The Morgan fingerprint density at radius 1 is 0.598 bits per heavy atom. The van der Waals surface area contributed by atoms with Gasteiger partial charge in [0.25, 0.3) is 0 Å². The number of aromatic amines is 2. The van der Waals surface area contributed by atoms with Crippen molar-refractivity contribution in [3.63, 3.8) is 0 Å². The van der Waals surface area contributed by atoms with Crippen LogP contribution in [0.3, 0.4) is 0 Å². The molecule has 0 radical (unpaired) electrons. The highest BCUT2D eigenvalue weighted by Crippen LogP contribution is 2.37. The topological polar surface area (TPSA) is 211 Å². The van der Waals surface area contributed by atoms with Crippen molar-refractivity contribution < 1.29 is 28.7 Å². The number of aromatic nitrogens is 4. The molecule has 19 heteroatoms. The van der Waals surface area contributed by atoms with Crippen molar-refractivity contribution in [2.45, 2.75) is 131 Å². The van der Waals surface area contributed by atoms with Crippen LogP contribution in [0, 0.1) is 88.8 Å². The normalized spacial score (nSPS) is 23.0. The number of H-pyrrole nitrogens is 2. The summed E-state index contributed by atoms with van der Waals surface area (Å²) in [6.45, 7) is 19.9. The largest absolute Gasteiger partial charge is 0.469 e. The number of aliphatic imine (C=N–C) groups is 2. The minimum atomic E-state index is -0.683.